The van der Waals surface area contributed by atoms with Crippen molar-refractivity contribution in [2.45, 2.75) is 57.5 Å². The van der Waals surface area contributed by atoms with Crippen LogP contribution >= 0.6 is 11.6 Å². The first kappa shape index (κ1) is 23.4. The van der Waals surface area contributed by atoms with E-state index in [1.54, 1.807) is 6.20 Å². The Bertz CT molecular complexity index is 842. The average molecular weight is 459 g/mol. The zero-order valence-corrected chi connectivity index (χ0v) is 19.7. The molecule has 2 aliphatic heterocycles. The number of hydrogen-bond donors (Lipinski definition) is 3. The van der Waals surface area contributed by atoms with Crippen LogP contribution < -0.4 is 16.0 Å². The van der Waals surface area contributed by atoms with Gasteiger partial charge in [-0.25, -0.2) is 4.98 Å². The highest BCUT2D eigenvalue weighted by atomic mass is 35.5. The van der Waals surface area contributed by atoms with Crippen LogP contribution in [-0.2, 0) is 9.53 Å². The van der Waals surface area contributed by atoms with Crippen LogP contribution in [0.5, 0.6) is 0 Å². The van der Waals surface area contributed by atoms with Crippen LogP contribution in [0.2, 0.25) is 5.02 Å². The molecule has 4 rings (SSSR count). The van der Waals surface area contributed by atoms with Crippen LogP contribution in [0.4, 0.5) is 5.82 Å². The Balaban J connectivity index is 1.35. The molecule has 3 unspecified atom stereocenters. The third-order valence-electron chi connectivity index (χ3n) is 6.92. The minimum Gasteiger partial charge on any atom is -0.381 e. The number of rotatable bonds is 7. The van der Waals surface area contributed by atoms with Crippen LogP contribution in [0, 0.1) is 11.8 Å². The standard InChI is InChI=1S/C25H35ClN4O2/c1-2-20-7-6-19(15-28-20)25(31)30-24-13-22(23(26)16-29-24)18-4-3-5-21(12-18)27-14-17-8-10-32-11-9-17/h3-5,13,16-17,19-21,27-28H,2,6-12,14-15H2,1H3,(H,29,30,31). The predicted octanol–water partition coefficient (Wildman–Crippen LogP) is 4.18. The summed E-state index contributed by atoms with van der Waals surface area (Å²) in [5.41, 5.74) is 2.09. The van der Waals surface area contributed by atoms with E-state index < -0.39 is 0 Å². The van der Waals surface area contributed by atoms with Crippen molar-refractivity contribution in [1.82, 2.24) is 15.6 Å². The van der Waals surface area contributed by atoms with Crippen molar-refractivity contribution in [3.63, 3.8) is 0 Å². The second kappa shape index (κ2) is 11.4. The van der Waals surface area contributed by atoms with Gasteiger partial charge in [-0.1, -0.05) is 36.8 Å². The number of aromatic nitrogens is 1. The Morgan fingerprint density at radius 2 is 2.12 bits per heavy atom. The number of carbonyl (C=O) groups excluding carboxylic acids is 1. The molecule has 1 aromatic heterocycles. The molecule has 174 valence electrons. The van der Waals surface area contributed by atoms with Gasteiger partial charge in [0.05, 0.1) is 10.9 Å². The van der Waals surface area contributed by atoms with E-state index in [-0.39, 0.29) is 17.9 Å². The van der Waals surface area contributed by atoms with Crippen molar-refractivity contribution in [1.29, 1.82) is 0 Å². The van der Waals surface area contributed by atoms with Gasteiger partial charge in [0, 0.05) is 43.6 Å². The first-order valence-corrected chi connectivity index (χ1v) is 12.4. The minimum absolute atomic E-state index is 0.0191. The van der Waals surface area contributed by atoms with E-state index in [9.17, 15) is 4.79 Å². The van der Waals surface area contributed by atoms with Gasteiger partial charge in [-0.05, 0) is 62.6 Å². The molecular formula is C25H35ClN4O2. The largest absolute Gasteiger partial charge is 0.381 e. The molecule has 1 aliphatic carbocycles. The number of ether oxygens (including phenoxy) is 1. The summed E-state index contributed by atoms with van der Waals surface area (Å²) < 4.78 is 5.46. The lowest BCUT2D eigenvalue weighted by molar-refractivity contribution is -0.120. The maximum atomic E-state index is 12.8. The van der Waals surface area contributed by atoms with Gasteiger partial charge in [-0.15, -0.1) is 0 Å². The van der Waals surface area contributed by atoms with Gasteiger partial charge in [0.15, 0.2) is 0 Å². The van der Waals surface area contributed by atoms with Gasteiger partial charge >= 0.3 is 0 Å². The topological polar surface area (TPSA) is 75.3 Å². The number of halogens is 1. The van der Waals surface area contributed by atoms with Crippen molar-refractivity contribution < 1.29 is 9.53 Å². The van der Waals surface area contributed by atoms with Crippen molar-refractivity contribution >= 4 is 28.9 Å². The van der Waals surface area contributed by atoms with E-state index >= 15 is 0 Å². The zero-order valence-electron chi connectivity index (χ0n) is 18.9. The average Bonchev–Trinajstić information content (AvgIpc) is 2.85. The van der Waals surface area contributed by atoms with Crippen molar-refractivity contribution in [3.8, 4) is 0 Å². The van der Waals surface area contributed by atoms with E-state index in [0.717, 1.165) is 76.0 Å². The Labute approximate surface area is 196 Å². The predicted molar refractivity (Wildman–Crippen MR) is 130 cm³/mol. The highest BCUT2D eigenvalue weighted by molar-refractivity contribution is 6.32. The van der Waals surface area contributed by atoms with Crippen LogP contribution in [0.25, 0.3) is 5.57 Å². The molecule has 0 saturated carbocycles. The fourth-order valence-electron chi connectivity index (χ4n) is 4.76. The lowest BCUT2D eigenvalue weighted by Crippen LogP contribution is -2.43. The number of carbonyl (C=O) groups is 1. The van der Waals surface area contributed by atoms with Crippen molar-refractivity contribution in [2.75, 3.05) is 31.6 Å². The molecule has 3 atom stereocenters. The number of nitrogens with one attached hydrogen (secondary N) is 3. The number of hydrogen-bond acceptors (Lipinski definition) is 5. The second-order valence-electron chi connectivity index (χ2n) is 9.18. The Hall–Kier alpha value is -1.73. The summed E-state index contributed by atoms with van der Waals surface area (Å²) in [6.07, 6.45) is 14.2. The van der Waals surface area contributed by atoms with Gasteiger partial charge in [-0.2, -0.15) is 0 Å². The van der Waals surface area contributed by atoms with Gasteiger partial charge < -0.3 is 20.7 Å². The highest BCUT2D eigenvalue weighted by Crippen LogP contribution is 2.31. The molecule has 0 bridgehead atoms. The molecule has 0 aromatic carbocycles. The van der Waals surface area contributed by atoms with E-state index in [1.165, 1.54) is 0 Å². The summed E-state index contributed by atoms with van der Waals surface area (Å²) >= 11 is 6.51. The first-order valence-electron chi connectivity index (χ1n) is 12.0. The third-order valence-corrected chi connectivity index (χ3v) is 7.22. The molecule has 2 fully saturated rings. The van der Waals surface area contributed by atoms with Crippen LogP contribution in [0.15, 0.2) is 30.5 Å². The lowest BCUT2D eigenvalue weighted by atomic mass is 9.92. The molecule has 0 spiro atoms. The second-order valence-corrected chi connectivity index (χ2v) is 9.58. The van der Waals surface area contributed by atoms with Gasteiger partial charge in [-0.3, -0.25) is 4.79 Å². The maximum Gasteiger partial charge on any atom is 0.229 e. The van der Waals surface area contributed by atoms with E-state index in [1.807, 2.05) is 6.07 Å². The first-order chi connectivity index (χ1) is 15.6. The normalized spacial score (nSPS) is 26.6. The Morgan fingerprint density at radius 1 is 1.28 bits per heavy atom. The fourth-order valence-corrected chi connectivity index (χ4v) is 4.98. The molecular weight excluding hydrogens is 424 g/mol. The molecule has 3 heterocycles. The molecule has 3 aliphatic rings. The molecule has 3 N–H and O–H groups in total. The molecule has 0 radical (unpaired) electrons. The molecule has 7 heteroatoms. The molecule has 32 heavy (non-hydrogen) atoms. The number of nitrogens with zero attached hydrogens (tertiary/aromatic N) is 1. The zero-order chi connectivity index (χ0) is 22.3. The summed E-state index contributed by atoms with van der Waals surface area (Å²) in [6, 6.07) is 2.71. The Morgan fingerprint density at radius 3 is 2.88 bits per heavy atom. The van der Waals surface area contributed by atoms with Crippen LogP contribution in [-0.4, -0.2) is 49.3 Å². The maximum absolute atomic E-state index is 12.8. The molecule has 1 amide bonds. The van der Waals surface area contributed by atoms with Crippen LogP contribution in [0.3, 0.4) is 0 Å². The summed E-state index contributed by atoms with van der Waals surface area (Å²) in [4.78, 5) is 17.1. The molecule has 6 nitrogen and oxygen atoms in total. The lowest BCUT2D eigenvalue weighted by Gasteiger charge is -2.28. The van der Waals surface area contributed by atoms with E-state index in [2.05, 4.69) is 46.1 Å². The summed E-state index contributed by atoms with van der Waals surface area (Å²) in [6.45, 7) is 5.65. The summed E-state index contributed by atoms with van der Waals surface area (Å²) in [5.74, 6) is 1.25. The molecule has 2 saturated heterocycles. The number of allylic oxidation sites excluding steroid dienone is 2. The summed E-state index contributed by atoms with van der Waals surface area (Å²) in [7, 11) is 0. The summed E-state index contributed by atoms with van der Waals surface area (Å²) in [5, 5.41) is 10.8. The van der Waals surface area contributed by atoms with Crippen molar-refractivity contribution in [2.24, 2.45) is 11.8 Å². The third kappa shape index (κ3) is 6.19. The van der Waals surface area contributed by atoms with Crippen molar-refractivity contribution in [3.05, 3.63) is 41.1 Å². The highest BCUT2D eigenvalue weighted by Gasteiger charge is 2.26. The fraction of sp³-hybridized carbons (Fsp3) is 0.600. The number of pyridine rings is 1. The molecule has 1 aromatic rings. The minimum atomic E-state index is -0.0191. The van der Waals surface area contributed by atoms with Gasteiger partial charge in [0.1, 0.15) is 5.82 Å². The Kier molecular flexibility index (Phi) is 8.36. The van der Waals surface area contributed by atoms with Crippen LogP contribution in [0.1, 0.15) is 51.0 Å². The SMILES string of the molecule is CCC1CCC(C(=O)Nc2cc(C3=CC=CC(NCC4CCOCC4)C3)c(Cl)cn2)CN1. The number of amides is 1. The number of anilines is 1. The van der Waals surface area contributed by atoms with E-state index in [4.69, 9.17) is 16.3 Å². The smallest absolute Gasteiger partial charge is 0.229 e. The monoisotopic (exact) mass is 458 g/mol. The quantitative estimate of drug-likeness (QED) is 0.571. The van der Waals surface area contributed by atoms with Gasteiger partial charge in [0.25, 0.3) is 0 Å². The van der Waals surface area contributed by atoms with Gasteiger partial charge in [0.2, 0.25) is 5.91 Å². The number of piperidine rings is 1. The van der Waals surface area contributed by atoms with E-state index in [0.29, 0.717) is 22.8 Å².